The third-order valence-corrected chi connectivity index (χ3v) is 9.89. The Morgan fingerprint density at radius 3 is 1.88 bits per heavy atom. The molecule has 0 atom stereocenters. The molecule has 0 fully saturated rings. The molecule has 3 aromatic heterocycles. The molecule has 4 nitrogen and oxygen atoms in total. The summed E-state index contributed by atoms with van der Waals surface area (Å²) in [6.45, 7) is 0. The van der Waals surface area contributed by atoms with Gasteiger partial charge in [0, 0.05) is 39.0 Å². The molecule has 0 spiro atoms. The van der Waals surface area contributed by atoms with Crippen molar-refractivity contribution < 1.29 is 0 Å². The second-order valence-electron chi connectivity index (χ2n) is 13.1. The van der Waals surface area contributed by atoms with E-state index in [1.807, 2.05) is 36.4 Å². The SMILES string of the molecule is c1ccc(-c2cc(-c3cccc(-c4cc5c(-c6ccc7ccccc7c6)nc6ccccc6c5c5ccccc45)c3)nc(-c3ccccn3)n2)cc1. The van der Waals surface area contributed by atoms with Crippen LogP contribution in [0.1, 0.15) is 0 Å². The Morgan fingerprint density at radius 2 is 1.04 bits per heavy atom. The summed E-state index contributed by atoms with van der Waals surface area (Å²) in [5, 5.41) is 8.29. The number of rotatable bonds is 5. The molecule has 0 aliphatic heterocycles. The number of benzene rings is 7. The van der Waals surface area contributed by atoms with E-state index in [1.54, 1.807) is 6.20 Å². The average Bonchev–Trinajstić information content (AvgIpc) is 3.23. The summed E-state index contributed by atoms with van der Waals surface area (Å²) in [4.78, 5) is 20.0. The highest BCUT2D eigenvalue weighted by atomic mass is 14.9. The minimum absolute atomic E-state index is 0.594. The lowest BCUT2D eigenvalue weighted by Crippen LogP contribution is -1.97. The van der Waals surface area contributed by atoms with Gasteiger partial charge in [-0.2, -0.15) is 0 Å². The van der Waals surface area contributed by atoms with E-state index in [9.17, 15) is 0 Å². The predicted octanol–water partition coefficient (Wildman–Crippen LogP) is 12.2. The van der Waals surface area contributed by atoms with Crippen LogP contribution in [0.25, 0.3) is 99.6 Å². The molecule has 0 radical (unpaired) electrons. The molecule has 3 heterocycles. The van der Waals surface area contributed by atoms with Gasteiger partial charge in [-0.05, 0) is 75.1 Å². The van der Waals surface area contributed by atoms with Crippen LogP contribution in [0, 0.1) is 0 Å². The third kappa shape index (κ3) is 5.17. The molecular weight excluding hydrogens is 633 g/mol. The molecule has 0 bridgehead atoms. The van der Waals surface area contributed by atoms with Crippen LogP contribution in [0.3, 0.4) is 0 Å². The smallest absolute Gasteiger partial charge is 0.179 e. The fraction of sp³-hybridized carbons (Fsp3) is 0. The fourth-order valence-electron chi connectivity index (χ4n) is 7.42. The van der Waals surface area contributed by atoms with Crippen molar-refractivity contribution in [1.29, 1.82) is 0 Å². The van der Waals surface area contributed by atoms with Crippen LogP contribution in [0.2, 0.25) is 0 Å². The second kappa shape index (κ2) is 12.4. The van der Waals surface area contributed by atoms with Gasteiger partial charge in [0.15, 0.2) is 5.82 Å². The summed E-state index contributed by atoms with van der Waals surface area (Å²) in [6, 6.07) is 61.6. The molecule has 0 saturated carbocycles. The zero-order valence-electron chi connectivity index (χ0n) is 28.1. The molecule has 0 aliphatic carbocycles. The first-order valence-electron chi connectivity index (χ1n) is 17.5. The van der Waals surface area contributed by atoms with Crippen molar-refractivity contribution in [2.75, 3.05) is 0 Å². The maximum absolute atomic E-state index is 5.34. The summed E-state index contributed by atoms with van der Waals surface area (Å²) in [7, 11) is 0. The summed E-state index contributed by atoms with van der Waals surface area (Å²) >= 11 is 0. The zero-order chi connectivity index (χ0) is 34.4. The van der Waals surface area contributed by atoms with Crippen LogP contribution in [0.5, 0.6) is 0 Å². The van der Waals surface area contributed by atoms with Crippen LogP contribution in [0.15, 0.2) is 182 Å². The first-order valence-corrected chi connectivity index (χ1v) is 17.5. The normalized spacial score (nSPS) is 11.5. The van der Waals surface area contributed by atoms with Crippen molar-refractivity contribution in [2.45, 2.75) is 0 Å². The Hall–Kier alpha value is -7.04. The molecule has 4 heteroatoms. The van der Waals surface area contributed by atoms with Crippen LogP contribution in [-0.4, -0.2) is 19.9 Å². The standard InChI is InChI=1S/C48H30N4/c1-2-14-32(15-3-1)44-30-45(52-48(51-44)43-23-10-11-26-49-43)35-18-12-17-34(28-35)40-29-41-46(38-20-7-6-19-37(38)40)39-21-8-9-22-42(39)50-47(41)36-25-24-31-13-4-5-16-33(31)27-36/h1-30H. The van der Waals surface area contributed by atoms with Gasteiger partial charge in [-0.1, -0.05) is 133 Å². The molecule has 0 saturated heterocycles. The first kappa shape index (κ1) is 29.8. The molecular formula is C48H30N4. The van der Waals surface area contributed by atoms with Gasteiger partial charge in [0.1, 0.15) is 5.69 Å². The number of aromatic nitrogens is 4. The van der Waals surface area contributed by atoms with Gasteiger partial charge >= 0.3 is 0 Å². The molecule has 0 amide bonds. The number of nitrogens with zero attached hydrogens (tertiary/aromatic N) is 4. The van der Waals surface area contributed by atoms with Crippen molar-refractivity contribution in [1.82, 2.24) is 19.9 Å². The Morgan fingerprint density at radius 1 is 0.346 bits per heavy atom. The Balaban J connectivity index is 1.21. The van der Waals surface area contributed by atoms with Gasteiger partial charge in [-0.3, -0.25) is 4.98 Å². The number of fused-ring (bicyclic) bond motifs is 6. The second-order valence-corrected chi connectivity index (χ2v) is 13.1. The van der Waals surface area contributed by atoms with Crippen LogP contribution in [0.4, 0.5) is 0 Å². The molecule has 0 aliphatic rings. The highest BCUT2D eigenvalue weighted by molar-refractivity contribution is 6.25. The highest BCUT2D eigenvalue weighted by Gasteiger charge is 2.18. The monoisotopic (exact) mass is 662 g/mol. The van der Waals surface area contributed by atoms with Gasteiger partial charge < -0.3 is 0 Å². The quantitative estimate of drug-likeness (QED) is 0.172. The van der Waals surface area contributed by atoms with Crippen molar-refractivity contribution in [3.63, 3.8) is 0 Å². The number of para-hydroxylation sites is 1. The molecule has 52 heavy (non-hydrogen) atoms. The van der Waals surface area contributed by atoms with E-state index in [0.717, 1.165) is 66.9 Å². The lowest BCUT2D eigenvalue weighted by Gasteiger charge is -2.17. The van der Waals surface area contributed by atoms with Crippen molar-refractivity contribution in [3.8, 4) is 56.4 Å². The number of hydrogen-bond donors (Lipinski definition) is 0. The van der Waals surface area contributed by atoms with E-state index in [4.69, 9.17) is 15.0 Å². The van der Waals surface area contributed by atoms with Gasteiger partial charge in [-0.25, -0.2) is 15.0 Å². The van der Waals surface area contributed by atoms with Crippen molar-refractivity contribution in [3.05, 3.63) is 182 Å². The Kier molecular flexibility index (Phi) is 7.10. The number of pyridine rings is 2. The average molecular weight is 663 g/mol. The highest BCUT2D eigenvalue weighted by Crippen LogP contribution is 2.42. The van der Waals surface area contributed by atoms with Gasteiger partial charge in [0.2, 0.25) is 0 Å². The van der Waals surface area contributed by atoms with Gasteiger partial charge in [-0.15, -0.1) is 0 Å². The van der Waals surface area contributed by atoms with E-state index < -0.39 is 0 Å². The maximum Gasteiger partial charge on any atom is 0.179 e. The van der Waals surface area contributed by atoms with E-state index in [0.29, 0.717) is 5.82 Å². The largest absolute Gasteiger partial charge is 0.253 e. The van der Waals surface area contributed by atoms with Crippen LogP contribution in [-0.2, 0) is 0 Å². The lowest BCUT2D eigenvalue weighted by molar-refractivity contribution is 1.15. The summed E-state index contributed by atoms with van der Waals surface area (Å²) in [5.74, 6) is 0.594. The minimum atomic E-state index is 0.594. The van der Waals surface area contributed by atoms with E-state index in [2.05, 4.69) is 145 Å². The summed E-state index contributed by atoms with van der Waals surface area (Å²) < 4.78 is 0. The van der Waals surface area contributed by atoms with Gasteiger partial charge in [0.05, 0.1) is 22.6 Å². The molecule has 10 aromatic rings. The van der Waals surface area contributed by atoms with Crippen LogP contribution >= 0.6 is 0 Å². The van der Waals surface area contributed by atoms with Crippen molar-refractivity contribution in [2.24, 2.45) is 0 Å². The maximum atomic E-state index is 5.34. The molecule has 7 aromatic carbocycles. The van der Waals surface area contributed by atoms with Gasteiger partial charge in [0.25, 0.3) is 0 Å². The van der Waals surface area contributed by atoms with Crippen LogP contribution < -0.4 is 0 Å². The summed E-state index contributed by atoms with van der Waals surface area (Å²) in [5.41, 5.74) is 9.77. The molecule has 0 N–H and O–H groups in total. The minimum Gasteiger partial charge on any atom is -0.253 e. The Bertz CT molecular complexity index is 2900. The number of hydrogen-bond acceptors (Lipinski definition) is 4. The molecule has 0 unspecified atom stereocenters. The zero-order valence-corrected chi connectivity index (χ0v) is 28.1. The van der Waals surface area contributed by atoms with E-state index >= 15 is 0 Å². The first-order chi connectivity index (χ1) is 25.8. The summed E-state index contributed by atoms with van der Waals surface area (Å²) in [6.07, 6.45) is 1.78. The Labute approximate surface area is 300 Å². The van der Waals surface area contributed by atoms with E-state index in [-0.39, 0.29) is 0 Å². The van der Waals surface area contributed by atoms with Crippen molar-refractivity contribution >= 4 is 43.2 Å². The van der Waals surface area contributed by atoms with E-state index in [1.165, 1.54) is 26.9 Å². The molecule has 242 valence electrons. The third-order valence-electron chi connectivity index (χ3n) is 9.89. The predicted molar refractivity (Wildman–Crippen MR) is 215 cm³/mol. The molecule has 10 rings (SSSR count). The fourth-order valence-corrected chi connectivity index (χ4v) is 7.42. The lowest BCUT2D eigenvalue weighted by atomic mass is 9.89. The topological polar surface area (TPSA) is 51.6 Å².